The van der Waals surface area contributed by atoms with Gasteiger partial charge in [-0.1, -0.05) is 45.1 Å². The van der Waals surface area contributed by atoms with Crippen LogP contribution < -0.4 is 21.8 Å². The van der Waals surface area contributed by atoms with Crippen LogP contribution in [-0.2, 0) is 9.59 Å². The van der Waals surface area contributed by atoms with Gasteiger partial charge in [-0.2, -0.15) is 0 Å². The van der Waals surface area contributed by atoms with E-state index in [-0.39, 0.29) is 34.4 Å². The molecule has 2 heterocycles. The number of rotatable bonds is 11. The summed E-state index contributed by atoms with van der Waals surface area (Å²) in [6.45, 7) is 3.45. The molecule has 4 rings (SSSR count). The van der Waals surface area contributed by atoms with Gasteiger partial charge in [-0.25, -0.2) is 9.97 Å². The lowest BCUT2D eigenvalue weighted by Gasteiger charge is -2.08. The van der Waals surface area contributed by atoms with E-state index in [0.717, 1.165) is 9.79 Å². The Hall–Kier alpha value is -3.46. The van der Waals surface area contributed by atoms with Crippen LogP contribution in [0.3, 0.4) is 0 Å². The second kappa shape index (κ2) is 14.3. The number of amides is 2. The summed E-state index contributed by atoms with van der Waals surface area (Å²) < 4.78 is 0. The molecular weight excluding hydrogens is 589 g/mol. The first kappa shape index (κ1) is 29.5. The highest BCUT2D eigenvalue weighted by molar-refractivity contribution is 8.76. The molecule has 2 amide bonds. The van der Waals surface area contributed by atoms with Crippen LogP contribution in [0, 0.1) is 13.8 Å². The first-order chi connectivity index (χ1) is 19.2. The van der Waals surface area contributed by atoms with Gasteiger partial charge in [0, 0.05) is 44.7 Å². The maximum atomic E-state index is 12.3. The average molecular weight is 613 g/mol. The number of hydrogen-bond acceptors (Lipinski definition) is 10. The highest BCUT2D eigenvalue weighted by atomic mass is 33.1. The van der Waals surface area contributed by atoms with Crippen molar-refractivity contribution in [1.82, 2.24) is 19.9 Å². The number of aryl methyl sites for hydroxylation is 2. The molecule has 0 radical (unpaired) electrons. The Kier molecular flexibility index (Phi) is 10.5. The van der Waals surface area contributed by atoms with Gasteiger partial charge in [-0.3, -0.25) is 19.2 Å². The minimum Gasteiger partial charge on any atom is -0.325 e. The largest absolute Gasteiger partial charge is 0.325 e. The van der Waals surface area contributed by atoms with Crippen molar-refractivity contribution in [3.05, 3.63) is 92.8 Å². The van der Waals surface area contributed by atoms with Gasteiger partial charge >= 0.3 is 0 Å². The second-order valence-corrected chi connectivity index (χ2v) is 12.5. The third-order valence-corrected chi connectivity index (χ3v) is 9.05. The van der Waals surface area contributed by atoms with Crippen molar-refractivity contribution >= 4 is 68.3 Å². The van der Waals surface area contributed by atoms with E-state index in [1.165, 1.54) is 35.7 Å². The van der Waals surface area contributed by atoms with Gasteiger partial charge in [-0.05, 0) is 62.4 Å². The smallest absolute Gasteiger partial charge is 0.251 e. The van der Waals surface area contributed by atoms with E-state index in [1.807, 2.05) is 48.5 Å². The Balaban J connectivity index is 1.19. The SMILES string of the molecule is Cc1cc(=O)[nH]c(SCC(=O)Nc2ccc(SSc3ccc(NC(=O)CSc4nc(C)cc(=O)[nH]4)cc3)cc2)n1. The van der Waals surface area contributed by atoms with Crippen molar-refractivity contribution in [3.63, 3.8) is 0 Å². The summed E-state index contributed by atoms with van der Waals surface area (Å²) in [7, 11) is 3.14. The van der Waals surface area contributed by atoms with Crippen molar-refractivity contribution in [1.29, 1.82) is 0 Å². The number of nitrogens with one attached hydrogen (secondary N) is 4. The molecule has 4 N–H and O–H groups in total. The number of benzene rings is 2. The molecule has 0 aliphatic rings. The fourth-order valence-corrected chi connectivity index (χ4v) is 6.56. The summed E-state index contributed by atoms with van der Waals surface area (Å²) in [6, 6.07) is 17.8. The van der Waals surface area contributed by atoms with Gasteiger partial charge in [0.1, 0.15) is 0 Å². The molecule has 0 spiro atoms. The fourth-order valence-electron chi connectivity index (χ4n) is 3.19. The predicted molar refractivity (Wildman–Crippen MR) is 162 cm³/mol. The zero-order chi connectivity index (χ0) is 28.5. The normalized spacial score (nSPS) is 10.8. The molecule has 0 unspecified atom stereocenters. The lowest BCUT2D eigenvalue weighted by molar-refractivity contribution is -0.114. The van der Waals surface area contributed by atoms with Gasteiger partial charge in [0.15, 0.2) is 10.3 Å². The van der Waals surface area contributed by atoms with Crippen LogP contribution in [0.25, 0.3) is 0 Å². The topological polar surface area (TPSA) is 150 Å². The number of anilines is 2. The fraction of sp³-hybridized carbons (Fsp3) is 0.154. The number of carbonyl (C=O) groups excluding carboxylic acids is 2. The summed E-state index contributed by atoms with van der Waals surface area (Å²) in [4.78, 5) is 63.2. The van der Waals surface area contributed by atoms with Crippen LogP contribution in [0.2, 0.25) is 0 Å². The zero-order valence-corrected chi connectivity index (χ0v) is 24.6. The number of aromatic nitrogens is 4. The maximum absolute atomic E-state index is 12.3. The summed E-state index contributed by atoms with van der Waals surface area (Å²) >= 11 is 2.33. The molecule has 14 heteroatoms. The van der Waals surface area contributed by atoms with Crippen molar-refractivity contribution in [2.75, 3.05) is 22.1 Å². The summed E-state index contributed by atoms with van der Waals surface area (Å²) in [5, 5.41) is 6.49. The van der Waals surface area contributed by atoms with Crippen LogP contribution >= 0.6 is 45.1 Å². The molecule has 206 valence electrons. The van der Waals surface area contributed by atoms with Crippen LogP contribution in [-0.4, -0.2) is 43.3 Å². The molecule has 10 nitrogen and oxygen atoms in total. The zero-order valence-electron chi connectivity index (χ0n) is 21.3. The van der Waals surface area contributed by atoms with Gasteiger partial charge in [0.05, 0.1) is 11.5 Å². The van der Waals surface area contributed by atoms with Crippen molar-refractivity contribution in [2.45, 2.75) is 34.0 Å². The standard InChI is InChI=1S/C26H24N6O4S4/c1-15-11-21(33)31-25(27-15)37-13-23(35)29-17-3-7-19(8-4-17)39-40-20-9-5-18(6-10-20)30-24(36)14-38-26-28-16(2)12-22(34)32-26/h3-12H,13-14H2,1-2H3,(H,29,35)(H,30,36)(H,27,31,33)(H,28,32,34). The van der Waals surface area contributed by atoms with E-state index in [0.29, 0.717) is 33.1 Å². The minimum absolute atomic E-state index is 0.124. The van der Waals surface area contributed by atoms with E-state index in [9.17, 15) is 19.2 Å². The molecule has 0 saturated heterocycles. The summed E-state index contributed by atoms with van der Waals surface area (Å²) in [5.41, 5.74) is 2.06. The quantitative estimate of drug-likeness (QED) is 0.106. The molecule has 0 saturated carbocycles. The Labute approximate surface area is 245 Å². The van der Waals surface area contributed by atoms with E-state index in [1.54, 1.807) is 35.4 Å². The van der Waals surface area contributed by atoms with Gasteiger partial charge in [0.2, 0.25) is 11.8 Å². The number of hydrogen-bond donors (Lipinski definition) is 4. The van der Waals surface area contributed by atoms with E-state index in [4.69, 9.17) is 0 Å². The van der Waals surface area contributed by atoms with E-state index < -0.39 is 0 Å². The minimum atomic E-state index is -0.244. The van der Waals surface area contributed by atoms with Crippen LogP contribution in [0.1, 0.15) is 11.4 Å². The lowest BCUT2D eigenvalue weighted by atomic mass is 10.3. The number of carbonyl (C=O) groups is 2. The van der Waals surface area contributed by atoms with Crippen LogP contribution in [0.15, 0.2) is 90.4 Å². The monoisotopic (exact) mass is 612 g/mol. The third-order valence-electron chi connectivity index (χ3n) is 4.89. The third kappa shape index (κ3) is 9.62. The first-order valence-corrected chi connectivity index (χ1v) is 15.9. The Morgan fingerprint density at radius 2 is 1.05 bits per heavy atom. The molecular formula is C26H24N6O4S4. The van der Waals surface area contributed by atoms with Crippen molar-refractivity contribution < 1.29 is 9.59 Å². The summed E-state index contributed by atoms with van der Waals surface area (Å²) in [5.74, 6) is -0.148. The van der Waals surface area contributed by atoms with Gasteiger partial charge in [-0.15, -0.1) is 0 Å². The Morgan fingerprint density at radius 1 is 0.675 bits per heavy atom. The van der Waals surface area contributed by atoms with E-state index >= 15 is 0 Å². The van der Waals surface area contributed by atoms with Crippen molar-refractivity contribution in [2.24, 2.45) is 0 Å². The molecule has 40 heavy (non-hydrogen) atoms. The second-order valence-electron chi connectivity index (χ2n) is 8.27. The molecule has 0 aliphatic carbocycles. The lowest BCUT2D eigenvalue weighted by Crippen LogP contribution is -2.15. The van der Waals surface area contributed by atoms with E-state index in [2.05, 4.69) is 30.6 Å². The average Bonchev–Trinajstić information content (AvgIpc) is 2.90. The first-order valence-electron chi connectivity index (χ1n) is 11.8. The number of H-pyrrole nitrogens is 2. The molecule has 0 fully saturated rings. The molecule has 2 aromatic carbocycles. The Morgan fingerprint density at radius 3 is 1.40 bits per heavy atom. The van der Waals surface area contributed by atoms with Crippen molar-refractivity contribution in [3.8, 4) is 0 Å². The molecule has 0 aliphatic heterocycles. The molecule has 4 aromatic rings. The number of aromatic amines is 2. The maximum Gasteiger partial charge on any atom is 0.251 e. The van der Waals surface area contributed by atoms with Gasteiger partial charge in [0.25, 0.3) is 11.1 Å². The highest BCUT2D eigenvalue weighted by Crippen LogP contribution is 2.38. The van der Waals surface area contributed by atoms with Gasteiger partial charge < -0.3 is 20.6 Å². The highest BCUT2D eigenvalue weighted by Gasteiger charge is 2.08. The predicted octanol–water partition coefficient (Wildman–Crippen LogP) is 4.73. The Bertz CT molecular complexity index is 1490. The molecule has 0 bridgehead atoms. The van der Waals surface area contributed by atoms with Crippen LogP contribution in [0.5, 0.6) is 0 Å². The summed E-state index contributed by atoms with van der Waals surface area (Å²) in [6.07, 6.45) is 0. The molecule has 0 atom stereocenters. The molecule has 2 aromatic heterocycles. The number of thioether (sulfide) groups is 2. The van der Waals surface area contributed by atoms with Crippen LogP contribution in [0.4, 0.5) is 11.4 Å². The number of nitrogens with zero attached hydrogens (tertiary/aromatic N) is 2.